The van der Waals surface area contributed by atoms with Gasteiger partial charge in [0.1, 0.15) is 0 Å². The standard InChI is InChI=1S/C16H22N4OS2/c1-11(2)13(14(21)20(3)4)22-16-19-18-15(23-16)17-10-12-8-6-5-7-9-12/h5-9,11,13H,10H2,1-4H3,(H,17,18)/t13-/m0/s1. The van der Waals surface area contributed by atoms with Crippen LogP contribution in [0.5, 0.6) is 0 Å². The second kappa shape index (κ2) is 8.31. The van der Waals surface area contributed by atoms with Crippen LogP contribution in [0.1, 0.15) is 19.4 Å². The van der Waals surface area contributed by atoms with Crippen molar-refractivity contribution in [2.75, 3.05) is 19.4 Å². The lowest BCUT2D eigenvalue weighted by molar-refractivity contribution is -0.128. The number of anilines is 1. The van der Waals surface area contributed by atoms with Crippen LogP contribution in [-0.4, -0.2) is 40.3 Å². The van der Waals surface area contributed by atoms with Crippen LogP contribution in [0, 0.1) is 5.92 Å². The Bertz CT molecular complexity index is 628. The van der Waals surface area contributed by atoms with Crippen LogP contribution in [0.15, 0.2) is 34.7 Å². The number of aromatic nitrogens is 2. The van der Waals surface area contributed by atoms with Crippen LogP contribution in [0.3, 0.4) is 0 Å². The summed E-state index contributed by atoms with van der Waals surface area (Å²) in [5, 5.41) is 12.3. The number of amides is 1. The zero-order chi connectivity index (χ0) is 16.8. The number of nitrogens with one attached hydrogen (secondary N) is 1. The van der Waals surface area contributed by atoms with Gasteiger partial charge >= 0.3 is 0 Å². The molecular formula is C16H22N4OS2. The fraction of sp³-hybridized carbons (Fsp3) is 0.438. The molecule has 2 rings (SSSR count). The minimum absolute atomic E-state index is 0.110. The molecular weight excluding hydrogens is 328 g/mol. The maximum atomic E-state index is 12.3. The Morgan fingerprint density at radius 2 is 1.96 bits per heavy atom. The molecule has 0 bridgehead atoms. The second-order valence-electron chi connectivity index (χ2n) is 5.73. The molecule has 1 heterocycles. The van der Waals surface area contributed by atoms with Crippen LogP contribution in [0.25, 0.3) is 0 Å². The van der Waals surface area contributed by atoms with Gasteiger partial charge in [0.05, 0.1) is 5.25 Å². The molecule has 0 saturated heterocycles. The molecule has 1 N–H and O–H groups in total. The highest BCUT2D eigenvalue weighted by Gasteiger charge is 2.26. The molecule has 1 amide bonds. The zero-order valence-electron chi connectivity index (χ0n) is 13.8. The minimum Gasteiger partial charge on any atom is -0.356 e. The number of rotatable bonds is 7. The van der Waals surface area contributed by atoms with E-state index >= 15 is 0 Å². The van der Waals surface area contributed by atoms with Crippen molar-refractivity contribution >= 4 is 34.1 Å². The Kier molecular flexibility index (Phi) is 6.41. The quantitative estimate of drug-likeness (QED) is 0.776. The topological polar surface area (TPSA) is 58.1 Å². The predicted octanol–water partition coefficient (Wildman–Crippen LogP) is 3.36. The molecule has 23 heavy (non-hydrogen) atoms. The molecule has 0 saturated carbocycles. The van der Waals surface area contributed by atoms with Gasteiger partial charge in [-0.1, -0.05) is 67.3 Å². The fourth-order valence-corrected chi connectivity index (χ4v) is 4.04. The molecule has 7 heteroatoms. The number of carbonyl (C=O) groups excluding carboxylic acids is 1. The molecule has 0 spiro atoms. The highest BCUT2D eigenvalue weighted by molar-refractivity contribution is 8.02. The molecule has 0 unspecified atom stereocenters. The van der Waals surface area contributed by atoms with E-state index < -0.39 is 0 Å². The molecule has 1 atom stereocenters. The number of hydrogen-bond donors (Lipinski definition) is 1. The fourth-order valence-electron chi connectivity index (χ4n) is 1.94. The molecule has 1 aromatic heterocycles. The maximum Gasteiger partial charge on any atom is 0.235 e. The van der Waals surface area contributed by atoms with Crippen molar-refractivity contribution in [3.05, 3.63) is 35.9 Å². The highest BCUT2D eigenvalue weighted by Crippen LogP contribution is 2.33. The summed E-state index contributed by atoms with van der Waals surface area (Å²) in [7, 11) is 3.57. The Morgan fingerprint density at radius 3 is 2.57 bits per heavy atom. The molecule has 0 fully saturated rings. The van der Waals surface area contributed by atoms with E-state index in [-0.39, 0.29) is 17.1 Å². The summed E-state index contributed by atoms with van der Waals surface area (Å²) in [6.45, 7) is 4.81. The Labute approximate surface area is 145 Å². The summed E-state index contributed by atoms with van der Waals surface area (Å²) in [4.78, 5) is 13.9. The third-order valence-electron chi connectivity index (χ3n) is 3.21. The molecule has 0 aliphatic heterocycles. The van der Waals surface area contributed by atoms with E-state index in [2.05, 4.69) is 41.5 Å². The Morgan fingerprint density at radius 1 is 1.26 bits per heavy atom. The lowest BCUT2D eigenvalue weighted by Crippen LogP contribution is -2.34. The highest BCUT2D eigenvalue weighted by atomic mass is 32.2. The number of nitrogens with zero attached hydrogens (tertiary/aromatic N) is 3. The zero-order valence-corrected chi connectivity index (χ0v) is 15.4. The Balaban J connectivity index is 1.96. The van der Waals surface area contributed by atoms with Gasteiger partial charge in [0.15, 0.2) is 4.34 Å². The van der Waals surface area contributed by atoms with Crippen molar-refractivity contribution in [3.8, 4) is 0 Å². The first-order valence-corrected chi connectivity index (χ1v) is 9.16. The summed E-state index contributed by atoms with van der Waals surface area (Å²) in [6, 6.07) is 10.1. The van der Waals surface area contributed by atoms with Gasteiger partial charge in [-0.05, 0) is 11.5 Å². The lowest BCUT2D eigenvalue weighted by Gasteiger charge is -2.21. The monoisotopic (exact) mass is 350 g/mol. The van der Waals surface area contributed by atoms with Gasteiger partial charge < -0.3 is 10.2 Å². The number of carbonyl (C=O) groups is 1. The van der Waals surface area contributed by atoms with Crippen molar-refractivity contribution in [1.82, 2.24) is 15.1 Å². The van der Waals surface area contributed by atoms with Crippen LogP contribution in [0.4, 0.5) is 5.13 Å². The first-order valence-electron chi connectivity index (χ1n) is 7.46. The molecule has 0 aliphatic carbocycles. The average Bonchev–Trinajstić information content (AvgIpc) is 2.98. The van der Waals surface area contributed by atoms with Crippen LogP contribution in [-0.2, 0) is 11.3 Å². The van der Waals surface area contributed by atoms with Crippen LogP contribution >= 0.6 is 23.1 Å². The normalized spacial score (nSPS) is 12.2. The molecule has 1 aromatic carbocycles. The third kappa shape index (κ3) is 5.21. The van der Waals surface area contributed by atoms with E-state index in [1.54, 1.807) is 19.0 Å². The number of thioether (sulfide) groups is 1. The molecule has 5 nitrogen and oxygen atoms in total. The SMILES string of the molecule is CC(C)[C@H](Sc1nnc(NCc2ccccc2)s1)C(=O)N(C)C. The van der Waals surface area contributed by atoms with Crippen molar-refractivity contribution in [1.29, 1.82) is 0 Å². The summed E-state index contributed by atoms with van der Waals surface area (Å²) < 4.78 is 0.814. The Hall–Kier alpha value is -1.60. The van der Waals surface area contributed by atoms with E-state index in [1.165, 1.54) is 28.7 Å². The van der Waals surface area contributed by atoms with E-state index in [4.69, 9.17) is 0 Å². The van der Waals surface area contributed by atoms with Gasteiger partial charge in [0.25, 0.3) is 0 Å². The largest absolute Gasteiger partial charge is 0.356 e. The summed E-state index contributed by atoms with van der Waals surface area (Å²) in [6.07, 6.45) is 0. The second-order valence-corrected chi connectivity index (χ2v) is 8.09. The van der Waals surface area contributed by atoms with Crippen LogP contribution in [0.2, 0.25) is 0 Å². The summed E-state index contributed by atoms with van der Waals surface area (Å²) in [5.41, 5.74) is 1.19. The molecule has 2 aromatic rings. The smallest absolute Gasteiger partial charge is 0.235 e. The average molecular weight is 351 g/mol. The van der Waals surface area contributed by atoms with E-state index in [9.17, 15) is 4.79 Å². The summed E-state index contributed by atoms with van der Waals surface area (Å²) >= 11 is 2.98. The maximum absolute atomic E-state index is 12.3. The molecule has 0 aliphatic rings. The number of hydrogen-bond acceptors (Lipinski definition) is 6. The van der Waals surface area contributed by atoms with Gasteiger partial charge in [0.2, 0.25) is 11.0 Å². The van der Waals surface area contributed by atoms with Crippen molar-refractivity contribution in [2.45, 2.75) is 30.0 Å². The summed E-state index contributed by atoms with van der Waals surface area (Å²) in [5.74, 6) is 0.346. The van der Waals surface area contributed by atoms with E-state index in [1.807, 2.05) is 18.2 Å². The predicted molar refractivity (Wildman–Crippen MR) is 96.9 cm³/mol. The van der Waals surface area contributed by atoms with E-state index in [0.29, 0.717) is 6.54 Å². The van der Waals surface area contributed by atoms with Crippen molar-refractivity contribution < 1.29 is 4.79 Å². The van der Waals surface area contributed by atoms with Gasteiger partial charge in [-0.25, -0.2) is 0 Å². The number of benzene rings is 1. The lowest BCUT2D eigenvalue weighted by atomic mass is 10.1. The molecule has 124 valence electrons. The van der Waals surface area contributed by atoms with Gasteiger partial charge in [-0.15, -0.1) is 10.2 Å². The van der Waals surface area contributed by atoms with Crippen molar-refractivity contribution in [2.24, 2.45) is 5.92 Å². The van der Waals surface area contributed by atoms with Gasteiger partial charge in [0, 0.05) is 20.6 Å². The first kappa shape index (κ1) is 17.7. The van der Waals surface area contributed by atoms with E-state index in [0.717, 1.165) is 9.47 Å². The van der Waals surface area contributed by atoms with Crippen LogP contribution < -0.4 is 5.32 Å². The third-order valence-corrected chi connectivity index (χ3v) is 5.71. The van der Waals surface area contributed by atoms with Crippen molar-refractivity contribution in [3.63, 3.8) is 0 Å². The van der Waals surface area contributed by atoms with Gasteiger partial charge in [-0.2, -0.15) is 0 Å². The minimum atomic E-state index is -0.139. The first-order chi connectivity index (χ1) is 11.0. The van der Waals surface area contributed by atoms with Gasteiger partial charge in [-0.3, -0.25) is 4.79 Å². The molecule has 0 radical (unpaired) electrons.